The first-order chi connectivity index (χ1) is 15.3. The smallest absolute Gasteiger partial charge is 0.230 e. The van der Waals surface area contributed by atoms with E-state index >= 15 is 0 Å². The number of aromatic nitrogens is 2. The molecule has 2 aliphatic heterocycles. The molecular formula is C22H19ClN4O4S. The number of amides is 2. The summed E-state index contributed by atoms with van der Waals surface area (Å²) < 4.78 is 25.8. The van der Waals surface area contributed by atoms with Crippen molar-refractivity contribution in [2.24, 2.45) is 5.92 Å². The van der Waals surface area contributed by atoms with Crippen molar-refractivity contribution in [3.8, 4) is 5.69 Å². The molecule has 1 aromatic heterocycles. The number of sulfone groups is 1. The SMILES string of the molecule is O=C(Nc1c2c(nn1-c1ccc(Cl)cc1)CS(=O)(=O)C2)C1CC(=O)N(c2ccccc2)C1. The van der Waals surface area contributed by atoms with Crippen molar-refractivity contribution in [3.63, 3.8) is 0 Å². The first-order valence-electron chi connectivity index (χ1n) is 10.0. The number of benzene rings is 2. The van der Waals surface area contributed by atoms with Gasteiger partial charge in [0.25, 0.3) is 0 Å². The molecule has 0 spiro atoms. The van der Waals surface area contributed by atoms with Crippen LogP contribution in [0.15, 0.2) is 54.6 Å². The minimum atomic E-state index is -3.31. The third-order valence-corrected chi connectivity index (χ3v) is 7.36. The van der Waals surface area contributed by atoms with Crippen LogP contribution in [0.4, 0.5) is 11.5 Å². The molecule has 2 aliphatic rings. The Balaban J connectivity index is 1.44. The number of carbonyl (C=O) groups excluding carboxylic acids is 2. The molecule has 0 aliphatic carbocycles. The summed E-state index contributed by atoms with van der Waals surface area (Å²) >= 11 is 5.98. The molecule has 3 aromatic rings. The van der Waals surface area contributed by atoms with Crippen LogP contribution >= 0.6 is 11.6 Å². The maximum Gasteiger partial charge on any atom is 0.230 e. The molecule has 1 unspecified atom stereocenters. The van der Waals surface area contributed by atoms with Crippen LogP contribution in [0.5, 0.6) is 0 Å². The molecule has 3 heterocycles. The zero-order valence-corrected chi connectivity index (χ0v) is 18.4. The minimum Gasteiger partial charge on any atom is -0.312 e. The topological polar surface area (TPSA) is 101 Å². The first-order valence-corrected chi connectivity index (χ1v) is 12.2. The van der Waals surface area contributed by atoms with Crippen LogP contribution in [0.1, 0.15) is 17.7 Å². The van der Waals surface area contributed by atoms with E-state index in [4.69, 9.17) is 11.6 Å². The fourth-order valence-corrected chi connectivity index (χ4v) is 5.72. The Hall–Kier alpha value is -3.17. The van der Waals surface area contributed by atoms with Gasteiger partial charge in [-0.1, -0.05) is 29.8 Å². The van der Waals surface area contributed by atoms with Gasteiger partial charge in [0.05, 0.1) is 28.8 Å². The average Bonchev–Trinajstić information content (AvgIpc) is 3.40. The highest BCUT2D eigenvalue weighted by Gasteiger charge is 2.38. The van der Waals surface area contributed by atoms with E-state index in [1.807, 2.05) is 30.3 Å². The van der Waals surface area contributed by atoms with Gasteiger partial charge in [0.1, 0.15) is 5.82 Å². The summed E-state index contributed by atoms with van der Waals surface area (Å²) in [7, 11) is -3.31. The van der Waals surface area contributed by atoms with Crippen molar-refractivity contribution in [1.29, 1.82) is 0 Å². The van der Waals surface area contributed by atoms with E-state index in [-0.39, 0.29) is 36.3 Å². The number of hydrogen-bond donors (Lipinski definition) is 1. The first kappa shape index (κ1) is 20.7. The summed E-state index contributed by atoms with van der Waals surface area (Å²) in [4.78, 5) is 27.2. The maximum atomic E-state index is 13.1. The maximum absolute atomic E-state index is 13.1. The normalized spacial score (nSPS) is 19.2. The molecule has 164 valence electrons. The minimum absolute atomic E-state index is 0.0797. The van der Waals surface area contributed by atoms with Crippen molar-refractivity contribution in [1.82, 2.24) is 9.78 Å². The number of anilines is 2. The van der Waals surface area contributed by atoms with E-state index in [0.717, 1.165) is 5.69 Å². The summed E-state index contributed by atoms with van der Waals surface area (Å²) in [5, 5.41) is 7.86. The van der Waals surface area contributed by atoms with Gasteiger partial charge in [-0.3, -0.25) is 9.59 Å². The van der Waals surface area contributed by atoms with E-state index in [1.54, 1.807) is 29.2 Å². The molecule has 0 saturated carbocycles. The Morgan fingerprint density at radius 2 is 1.75 bits per heavy atom. The lowest BCUT2D eigenvalue weighted by atomic mass is 10.1. The standard InChI is InChI=1S/C22H19ClN4O4S/c23-15-6-8-17(9-7-15)27-21(18-12-32(30,31)13-19(18)25-27)24-22(29)14-10-20(28)26(11-14)16-4-2-1-3-5-16/h1-9,14H,10-13H2,(H,24,29). The van der Waals surface area contributed by atoms with Crippen LogP contribution in [0.2, 0.25) is 5.02 Å². The van der Waals surface area contributed by atoms with Crippen LogP contribution in [0.3, 0.4) is 0 Å². The van der Waals surface area contributed by atoms with Crippen molar-refractivity contribution in [2.45, 2.75) is 17.9 Å². The third-order valence-electron chi connectivity index (χ3n) is 5.66. The number of fused-ring (bicyclic) bond motifs is 1. The zero-order chi connectivity index (χ0) is 22.5. The van der Waals surface area contributed by atoms with Crippen LogP contribution in [-0.4, -0.2) is 36.6 Å². The van der Waals surface area contributed by atoms with Gasteiger partial charge in [0.15, 0.2) is 9.84 Å². The summed E-state index contributed by atoms with van der Waals surface area (Å²) in [5.74, 6) is -1.08. The summed E-state index contributed by atoms with van der Waals surface area (Å²) in [6.07, 6.45) is 0.0797. The van der Waals surface area contributed by atoms with E-state index in [2.05, 4.69) is 10.4 Å². The van der Waals surface area contributed by atoms with Crippen molar-refractivity contribution in [2.75, 3.05) is 16.8 Å². The molecule has 1 atom stereocenters. The molecule has 0 radical (unpaired) electrons. The molecule has 8 nitrogen and oxygen atoms in total. The van der Waals surface area contributed by atoms with Gasteiger partial charge in [-0.15, -0.1) is 0 Å². The lowest BCUT2D eigenvalue weighted by Crippen LogP contribution is -2.29. The van der Waals surface area contributed by atoms with Gasteiger partial charge in [0.2, 0.25) is 11.8 Å². The Bertz CT molecular complexity index is 1320. The lowest BCUT2D eigenvalue weighted by Gasteiger charge is -2.17. The largest absolute Gasteiger partial charge is 0.312 e. The number of rotatable bonds is 4. The number of hydrogen-bond acceptors (Lipinski definition) is 5. The zero-order valence-electron chi connectivity index (χ0n) is 16.9. The highest BCUT2D eigenvalue weighted by atomic mass is 35.5. The highest BCUT2D eigenvalue weighted by Crippen LogP contribution is 2.34. The van der Waals surface area contributed by atoms with Gasteiger partial charge in [0, 0.05) is 29.2 Å². The van der Waals surface area contributed by atoms with Crippen LogP contribution in [-0.2, 0) is 30.9 Å². The van der Waals surface area contributed by atoms with Crippen LogP contribution in [0.25, 0.3) is 5.69 Å². The van der Waals surface area contributed by atoms with Gasteiger partial charge >= 0.3 is 0 Å². The fraction of sp³-hybridized carbons (Fsp3) is 0.227. The highest BCUT2D eigenvalue weighted by molar-refractivity contribution is 7.90. The summed E-state index contributed by atoms with van der Waals surface area (Å²) in [5.41, 5.74) is 2.29. The Morgan fingerprint density at radius 1 is 1.03 bits per heavy atom. The molecule has 1 N–H and O–H groups in total. The van der Waals surface area contributed by atoms with Gasteiger partial charge in [-0.2, -0.15) is 5.10 Å². The molecule has 1 fully saturated rings. The third kappa shape index (κ3) is 3.78. The molecular weight excluding hydrogens is 452 g/mol. The van der Waals surface area contributed by atoms with Crippen molar-refractivity contribution < 1.29 is 18.0 Å². The number of carbonyl (C=O) groups is 2. The van der Waals surface area contributed by atoms with Gasteiger partial charge in [-0.25, -0.2) is 13.1 Å². The van der Waals surface area contributed by atoms with Crippen LogP contribution in [0, 0.1) is 5.92 Å². The van der Waals surface area contributed by atoms with Crippen LogP contribution < -0.4 is 10.2 Å². The molecule has 32 heavy (non-hydrogen) atoms. The molecule has 1 saturated heterocycles. The number of para-hydroxylation sites is 1. The van der Waals surface area contributed by atoms with Crippen molar-refractivity contribution >= 4 is 44.8 Å². The number of nitrogens with zero attached hydrogens (tertiary/aromatic N) is 3. The second kappa shape index (κ2) is 7.75. The summed E-state index contributed by atoms with van der Waals surface area (Å²) in [6, 6.07) is 16.1. The molecule has 2 aromatic carbocycles. The van der Waals surface area contributed by atoms with E-state index in [9.17, 15) is 18.0 Å². The van der Waals surface area contributed by atoms with Crippen molar-refractivity contribution in [3.05, 3.63) is 70.9 Å². The lowest BCUT2D eigenvalue weighted by molar-refractivity contribution is -0.122. The second-order valence-corrected chi connectivity index (χ2v) is 10.4. The number of halogens is 1. The Labute approximate surface area is 189 Å². The summed E-state index contributed by atoms with van der Waals surface area (Å²) in [6.45, 7) is 0.254. The molecule has 10 heteroatoms. The second-order valence-electron chi connectivity index (χ2n) is 7.92. The predicted octanol–water partition coefficient (Wildman–Crippen LogP) is 2.95. The quantitative estimate of drug-likeness (QED) is 0.631. The monoisotopic (exact) mass is 470 g/mol. The van der Waals surface area contributed by atoms with E-state index < -0.39 is 15.8 Å². The van der Waals surface area contributed by atoms with Gasteiger partial charge < -0.3 is 10.2 Å². The molecule has 0 bridgehead atoms. The molecule has 5 rings (SSSR count). The van der Waals surface area contributed by atoms with Gasteiger partial charge in [-0.05, 0) is 36.4 Å². The fourth-order valence-electron chi connectivity index (χ4n) is 4.10. The van der Waals surface area contributed by atoms with E-state index in [0.29, 0.717) is 27.8 Å². The predicted molar refractivity (Wildman–Crippen MR) is 120 cm³/mol. The average molecular weight is 471 g/mol. The Kier molecular flexibility index (Phi) is 5.02. The van der Waals surface area contributed by atoms with E-state index in [1.165, 1.54) is 4.68 Å². The number of nitrogens with one attached hydrogen (secondary N) is 1. The molecule has 2 amide bonds. The Morgan fingerprint density at radius 3 is 2.47 bits per heavy atom.